The maximum absolute atomic E-state index is 13.0. The molecule has 0 saturated carbocycles. The van der Waals surface area contributed by atoms with Crippen molar-refractivity contribution in [3.8, 4) is 5.75 Å². The summed E-state index contributed by atoms with van der Waals surface area (Å²) in [6, 6.07) is 2.45. The molecular weight excluding hydrogens is 211 g/mol. The summed E-state index contributed by atoms with van der Waals surface area (Å²) >= 11 is 5.70. The van der Waals surface area contributed by atoms with E-state index in [0.29, 0.717) is 5.56 Å². The third-order valence-electron chi connectivity index (χ3n) is 1.56. The second kappa shape index (κ2) is 4.28. The maximum atomic E-state index is 13.0. The van der Waals surface area contributed by atoms with Gasteiger partial charge >= 0.3 is 5.97 Å². The minimum absolute atomic E-state index is 0.0390. The summed E-state index contributed by atoms with van der Waals surface area (Å²) in [5.74, 6) is -1.57. The molecule has 0 aliphatic heterocycles. The van der Waals surface area contributed by atoms with Gasteiger partial charge in [0.2, 0.25) is 0 Å². The third-order valence-corrected chi connectivity index (χ3v) is 1.86. The minimum Gasteiger partial charge on any atom is -0.480 e. The lowest BCUT2D eigenvalue weighted by molar-refractivity contribution is -0.139. The van der Waals surface area contributed by atoms with E-state index in [4.69, 9.17) is 21.4 Å². The highest BCUT2D eigenvalue weighted by molar-refractivity contribution is 6.32. The third kappa shape index (κ3) is 2.60. The second-order valence-electron chi connectivity index (χ2n) is 2.71. The molecule has 5 heteroatoms. The number of hydrogen-bond acceptors (Lipinski definition) is 2. The van der Waals surface area contributed by atoms with Gasteiger partial charge in [-0.1, -0.05) is 11.6 Å². The first-order valence-corrected chi connectivity index (χ1v) is 4.18. The van der Waals surface area contributed by atoms with Crippen LogP contribution >= 0.6 is 11.6 Å². The fourth-order valence-corrected chi connectivity index (χ4v) is 1.15. The summed E-state index contributed by atoms with van der Waals surface area (Å²) in [5, 5.41) is 8.53. The largest absolute Gasteiger partial charge is 0.480 e. The summed E-state index contributed by atoms with van der Waals surface area (Å²) < 4.78 is 17.8. The Kier molecular flexibility index (Phi) is 3.30. The van der Waals surface area contributed by atoms with Crippen molar-refractivity contribution >= 4 is 17.6 Å². The number of halogens is 2. The first kappa shape index (κ1) is 10.8. The number of aryl methyl sites for hydroxylation is 1. The first-order valence-electron chi connectivity index (χ1n) is 3.81. The van der Waals surface area contributed by atoms with Crippen molar-refractivity contribution in [1.29, 1.82) is 0 Å². The van der Waals surface area contributed by atoms with Crippen LogP contribution in [0, 0.1) is 12.7 Å². The molecule has 0 spiro atoms. The highest BCUT2D eigenvalue weighted by Crippen LogP contribution is 2.27. The second-order valence-corrected chi connectivity index (χ2v) is 3.12. The van der Waals surface area contributed by atoms with Gasteiger partial charge in [-0.05, 0) is 18.6 Å². The molecule has 0 bridgehead atoms. The molecule has 0 aromatic heterocycles. The zero-order valence-corrected chi connectivity index (χ0v) is 8.14. The molecular formula is C9H8ClFO3. The van der Waals surface area contributed by atoms with Gasteiger partial charge in [0.1, 0.15) is 11.6 Å². The van der Waals surface area contributed by atoms with E-state index in [2.05, 4.69) is 0 Å². The minimum atomic E-state index is -1.14. The van der Waals surface area contributed by atoms with Gasteiger partial charge in [-0.25, -0.2) is 9.18 Å². The van der Waals surface area contributed by atoms with Crippen molar-refractivity contribution in [3.05, 3.63) is 28.5 Å². The summed E-state index contributed by atoms with van der Waals surface area (Å²) in [5.41, 5.74) is 0.387. The molecule has 0 fully saturated rings. The maximum Gasteiger partial charge on any atom is 0.341 e. The number of hydrogen-bond donors (Lipinski definition) is 1. The highest BCUT2D eigenvalue weighted by atomic mass is 35.5. The number of carbonyl (C=O) groups is 1. The Bertz CT molecular complexity index is 365. The molecule has 3 nitrogen and oxygen atoms in total. The Hall–Kier alpha value is -1.29. The molecule has 0 amide bonds. The molecule has 0 aliphatic rings. The fraction of sp³-hybridized carbons (Fsp3) is 0.222. The number of benzene rings is 1. The Morgan fingerprint density at radius 1 is 1.64 bits per heavy atom. The van der Waals surface area contributed by atoms with E-state index in [1.54, 1.807) is 6.92 Å². The molecule has 1 rings (SSSR count). The van der Waals surface area contributed by atoms with Gasteiger partial charge in [-0.3, -0.25) is 0 Å². The van der Waals surface area contributed by atoms with Crippen molar-refractivity contribution in [3.63, 3.8) is 0 Å². The molecule has 0 atom stereocenters. The Balaban J connectivity index is 2.87. The summed E-state index contributed by atoms with van der Waals surface area (Å²) in [4.78, 5) is 10.2. The van der Waals surface area contributed by atoms with Gasteiger partial charge in [-0.2, -0.15) is 0 Å². The topological polar surface area (TPSA) is 46.5 Å². The number of ether oxygens (including phenoxy) is 1. The van der Waals surface area contributed by atoms with Crippen molar-refractivity contribution in [1.82, 2.24) is 0 Å². The Morgan fingerprint density at radius 3 is 2.86 bits per heavy atom. The molecule has 1 N–H and O–H groups in total. The van der Waals surface area contributed by atoms with Crippen molar-refractivity contribution < 1.29 is 19.0 Å². The van der Waals surface area contributed by atoms with Crippen LogP contribution in [-0.2, 0) is 4.79 Å². The van der Waals surface area contributed by atoms with Crippen LogP contribution in [0.25, 0.3) is 0 Å². The standard InChI is InChI=1S/C9H8ClFO3/c1-5-2-6(10)8(3-7(5)11)14-4-9(12)13/h2-3H,4H2,1H3,(H,12,13). The van der Waals surface area contributed by atoms with E-state index >= 15 is 0 Å². The van der Waals surface area contributed by atoms with Crippen LogP contribution in [0.4, 0.5) is 4.39 Å². The smallest absolute Gasteiger partial charge is 0.341 e. The number of carboxylic acids is 1. The van der Waals surface area contributed by atoms with E-state index < -0.39 is 18.4 Å². The van der Waals surface area contributed by atoms with Gasteiger partial charge < -0.3 is 9.84 Å². The monoisotopic (exact) mass is 218 g/mol. The van der Waals surface area contributed by atoms with Crippen molar-refractivity contribution in [2.75, 3.05) is 6.61 Å². The molecule has 0 aliphatic carbocycles. The van der Waals surface area contributed by atoms with Crippen LogP contribution in [0.5, 0.6) is 5.75 Å². The number of rotatable bonds is 3. The molecule has 76 valence electrons. The summed E-state index contributed by atoms with van der Waals surface area (Å²) in [6.45, 7) is 1.02. The molecule has 0 unspecified atom stereocenters. The molecule has 1 aromatic rings. The van der Waals surface area contributed by atoms with Crippen molar-refractivity contribution in [2.45, 2.75) is 6.92 Å². The van der Waals surface area contributed by atoms with E-state index in [9.17, 15) is 9.18 Å². The predicted molar refractivity (Wildman–Crippen MR) is 49.3 cm³/mol. The van der Waals surface area contributed by atoms with Crippen molar-refractivity contribution in [2.24, 2.45) is 0 Å². The van der Waals surface area contributed by atoms with E-state index in [0.717, 1.165) is 6.07 Å². The van der Waals surface area contributed by atoms with Crippen LogP contribution < -0.4 is 4.74 Å². The van der Waals surface area contributed by atoms with Gasteiger partial charge in [0.05, 0.1) is 5.02 Å². The first-order chi connectivity index (χ1) is 6.50. The molecule has 1 aromatic carbocycles. The fourth-order valence-electron chi connectivity index (χ4n) is 0.878. The zero-order chi connectivity index (χ0) is 10.7. The lowest BCUT2D eigenvalue weighted by atomic mass is 10.2. The van der Waals surface area contributed by atoms with Gasteiger partial charge in [-0.15, -0.1) is 0 Å². The number of aliphatic carboxylic acids is 1. The van der Waals surface area contributed by atoms with Crippen LogP contribution in [0.15, 0.2) is 12.1 Å². The molecule has 14 heavy (non-hydrogen) atoms. The van der Waals surface area contributed by atoms with Crippen LogP contribution in [0.1, 0.15) is 5.56 Å². The predicted octanol–water partition coefficient (Wildman–Crippen LogP) is 2.25. The quantitative estimate of drug-likeness (QED) is 0.847. The normalized spacial score (nSPS) is 9.93. The van der Waals surface area contributed by atoms with E-state index in [1.807, 2.05) is 0 Å². The van der Waals surface area contributed by atoms with Gasteiger partial charge in [0, 0.05) is 6.07 Å². The Morgan fingerprint density at radius 2 is 2.29 bits per heavy atom. The van der Waals surface area contributed by atoms with E-state index in [1.165, 1.54) is 6.07 Å². The molecule has 0 heterocycles. The van der Waals surface area contributed by atoms with Crippen LogP contribution in [0.2, 0.25) is 5.02 Å². The average Bonchev–Trinajstić information content (AvgIpc) is 2.09. The lowest BCUT2D eigenvalue weighted by Gasteiger charge is -2.06. The van der Waals surface area contributed by atoms with Gasteiger partial charge in [0.15, 0.2) is 6.61 Å². The lowest BCUT2D eigenvalue weighted by Crippen LogP contribution is -2.09. The van der Waals surface area contributed by atoms with Gasteiger partial charge in [0.25, 0.3) is 0 Å². The average molecular weight is 219 g/mol. The zero-order valence-electron chi connectivity index (χ0n) is 7.38. The Labute approximate surface area is 85.1 Å². The summed E-state index contributed by atoms with van der Waals surface area (Å²) in [7, 11) is 0. The molecule has 0 saturated heterocycles. The molecule has 0 radical (unpaired) electrons. The summed E-state index contributed by atoms with van der Waals surface area (Å²) in [6.07, 6.45) is 0. The highest BCUT2D eigenvalue weighted by Gasteiger charge is 2.08. The number of carboxylic acid groups (broad SMARTS) is 1. The van der Waals surface area contributed by atoms with Crippen LogP contribution in [0.3, 0.4) is 0 Å². The SMILES string of the molecule is Cc1cc(Cl)c(OCC(=O)O)cc1F. The van der Waals surface area contributed by atoms with Crippen LogP contribution in [-0.4, -0.2) is 17.7 Å². The van der Waals surface area contributed by atoms with E-state index in [-0.39, 0.29) is 10.8 Å².